The fourth-order valence-electron chi connectivity index (χ4n) is 1.42. The first-order valence-corrected chi connectivity index (χ1v) is 8.19. The van der Waals surface area contributed by atoms with Crippen LogP contribution in [0.4, 0.5) is 5.69 Å². The minimum atomic E-state index is 0.830. The minimum Gasteiger partial charge on any atom is -0.379 e. The van der Waals surface area contributed by atoms with Crippen molar-refractivity contribution >= 4 is 64.8 Å². The summed E-state index contributed by atoms with van der Waals surface area (Å²) in [6.45, 7) is 2.92. The van der Waals surface area contributed by atoms with Crippen molar-refractivity contribution in [2.45, 2.75) is 13.5 Å². The monoisotopic (exact) mass is 437 g/mol. The average Bonchev–Trinajstić information content (AvgIpc) is 2.57. The molecule has 0 aliphatic heterocycles. The predicted molar refractivity (Wildman–Crippen MR) is 85.9 cm³/mol. The Balaban J connectivity index is 2.07. The molecule has 0 unspecified atom stereocenters. The maximum atomic E-state index is 3.56. The van der Waals surface area contributed by atoms with E-state index >= 15 is 0 Å². The summed E-state index contributed by atoms with van der Waals surface area (Å²) in [4.78, 5) is 1.29. The molecular formula is C12H10Br3NS. The Morgan fingerprint density at radius 3 is 2.47 bits per heavy atom. The molecule has 0 saturated carbocycles. The van der Waals surface area contributed by atoms with Gasteiger partial charge in [0, 0.05) is 26.1 Å². The summed E-state index contributed by atoms with van der Waals surface area (Å²) < 4.78 is 3.35. The zero-order valence-corrected chi connectivity index (χ0v) is 14.6. The number of halogens is 3. The summed E-state index contributed by atoms with van der Waals surface area (Å²) in [5.41, 5.74) is 2.38. The molecule has 5 heteroatoms. The van der Waals surface area contributed by atoms with Crippen molar-refractivity contribution in [2.75, 3.05) is 5.32 Å². The summed E-state index contributed by atoms with van der Waals surface area (Å²) in [7, 11) is 0. The highest BCUT2D eigenvalue weighted by Crippen LogP contribution is 2.33. The lowest BCUT2D eigenvalue weighted by Gasteiger charge is -2.07. The summed E-state index contributed by atoms with van der Waals surface area (Å²) in [6.07, 6.45) is 0. The van der Waals surface area contributed by atoms with Crippen molar-refractivity contribution in [1.29, 1.82) is 0 Å². The molecule has 0 fully saturated rings. The molecular weight excluding hydrogens is 430 g/mol. The van der Waals surface area contributed by atoms with Crippen LogP contribution in [-0.2, 0) is 6.54 Å². The Morgan fingerprint density at radius 2 is 1.88 bits per heavy atom. The van der Waals surface area contributed by atoms with E-state index in [0.717, 1.165) is 25.0 Å². The Bertz CT molecular complexity index is 517. The second kappa shape index (κ2) is 5.87. The van der Waals surface area contributed by atoms with Crippen molar-refractivity contribution in [2.24, 2.45) is 0 Å². The van der Waals surface area contributed by atoms with E-state index in [0.29, 0.717) is 0 Å². The summed E-state index contributed by atoms with van der Waals surface area (Å²) in [5, 5.41) is 3.42. The van der Waals surface area contributed by atoms with Gasteiger partial charge >= 0.3 is 0 Å². The summed E-state index contributed by atoms with van der Waals surface area (Å²) >= 11 is 12.3. The Morgan fingerprint density at radius 1 is 1.12 bits per heavy atom. The van der Waals surface area contributed by atoms with Gasteiger partial charge in [0.25, 0.3) is 0 Å². The highest BCUT2D eigenvalue weighted by Gasteiger charge is 2.05. The molecule has 1 nitrogen and oxygen atoms in total. The van der Waals surface area contributed by atoms with Gasteiger partial charge in [-0.15, -0.1) is 11.3 Å². The summed E-state index contributed by atoms with van der Waals surface area (Å²) in [6, 6.07) is 8.44. The molecule has 0 amide bonds. The molecule has 0 atom stereocenters. The molecule has 2 rings (SSSR count). The van der Waals surface area contributed by atoms with E-state index in [9.17, 15) is 0 Å². The lowest BCUT2D eigenvalue weighted by atomic mass is 10.2. The molecule has 1 heterocycles. The zero-order chi connectivity index (χ0) is 12.4. The van der Waals surface area contributed by atoms with E-state index < -0.39 is 0 Å². The molecule has 0 aliphatic rings. The number of hydrogen-bond acceptors (Lipinski definition) is 2. The van der Waals surface area contributed by atoms with E-state index in [1.165, 1.54) is 10.4 Å². The Kier molecular flexibility index (Phi) is 4.69. The predicted octanol–water partition coefficient (Wildman–Crippen LogP) is 5.96. The molecule has 1 aromatic carbocycles. The largest absolute Gasteiger partial charge is 0.379 e. The zero-order valence-electron chi connectivity index (χ0n) is 9.06. The number of rotatable bonds is 3. The van der Waals surface area contributed by atoms with Crippen LogP contribution in [0.15, 0.2) is 37.0 Å². The van der Waals surface area contributed by atoms with Crippen LogP contribution in [0.3, 0.4) is 0 Å². The molecule has 17 heavy (non-hydrogen) atoms. The first-order chi connectivity index (χ1) is 8.06. The Labute approximate surface area is 130 Å². The smallest absolute Gasteiger partial charge is 0.0843 e. The minimum absolute atomic E-state index is 0.830. The van der Waals surface area contributed by atoms with Crippen LogP contribution in [0, 0.1) is 6.92 Å². The van der Waals surface area contributed by atoms with Gasteiger partial charge in [-0.2, -0.15) is 0 Å². The second-order valence-corrected chi connectivity index (χ2v) is 7.83. The number of benzene rings is 1. The first kappa shape index (κ1) is 13.6. The van der Waals surface area contributed by atoms with Crippen molar-refractivity contribution in [3.8, 4) is 0 Å². The number of anilines is 1. The van der Waals surface area contributed by atoms with Crippen LogP contribution in [0.1, 0.15) is 10.4 Å². The molecule has 90 valence electrons. The Hall–Kier alpha value is 0.160. The number of nitrogens with one attached hydrogen (secondary N) is 1. The van der Waals surface area contributed by atoms with Crippen LogP contribution >= 0.6 is 59.1 Å². The third kappa shape index (κ3) is 3.56. The quantitative estimate of drug-likeness (QED) is 0.622. The van der Waals surface area contributed by atoms with Crippen molar-refractivity contribution in [3.63, 3.8) is 0 Å². The van der Waals surface area contributed by atoms with E-state index in [1.807, 2.05) is 0 Å². The molecule has 0 aliphatic carbocycles. The SMILES string of the molecule is Cc1ccc(NCc2cc(Br)c(Br)s2)c(Br)c1. The van der Waals surface area contributed by atoms with Crippen LogP contribution in [0.2, 0.25) is 0 Å². The van der Waals surface area contributed by atoms with Gasteiger partial charge in [0.1, 0.15) is 0 Å². The van der Waals surface area contributed by atoms with Gasteiger partial charge in [0.15, 0.2) is 0 Å². The second-order valence-electron chi connectivity index (χ2n) is 3.67. The summed E-state index contributed by atoms with van der Waals surface area (Å²) in [5.74, 6) is 0. The highest BCUT2D eigenvalue weighted by atomic mass is 79.9. The fraction of sp³-hybridized carbons (Fsp3) is 0.167. The van der Waals surface area contributed by atoms with Gasteiger partial charge in [-0.05, 0) is 78.5 Å². The van der Waals surface area contributed by atoms with Gasteiger partial charge in [-0.3, -0.25) is 0 Å². The van der Waals surface area contributed by atoms with E-state index in [-0.39, 0.29) is 0 Å². The normalized spacial score (nSPS) is 10.6. The van der Waals surface area contributed by atoms with E-state index in [4.69, 9.17) is 0 Å². The number of aryl methyl sites for hydroxylation is 1. The van der Waals surface area contributed by atoms with Crippen LogP contribution in [-0.4, -0.2) is 0 Å². The van der Waals surface area contributed by atoms with Gasteiger partial charge in [-0.25, -0.2) is 0 Å². The van der Waals surface area contributed by atoms with Gasteiger partial charge in [0.05, 0.1) is 3.79 Å². The average molecular weight is 440 g/mol. The lowest BCUT2D eigenvalue weighted by molar-refractivity contribution is 1.18. The van der Waals surface area contributed by atoms with Crippen molar-refractivity contribution in [1.82, 2.24) is 0 Å². The molecule has 1 N–H and O–H groups in total. The van der Waals surface area contributed by atoms with E-state index in [1.54, 1.807) is 11.3 Å². The maximum absolute atomic E-state index is 3.56. The fourth-order valence-corrected chi connectivity index (χ4v) is 4.17. The molecule has 2 aromatic rings. The molecule has 0 bridgehead atoms. The topological polar surface area (TPSA) is 12.0 Å². The van der Waals surface area contributed by atoms with Gasteiger partial charge in [0.2, 0.25) is 0 Å². The lowest BCUT2D eigenvalue weighted by Crippen LogP contribution is -1.98. The number of hydrogen-bond donors (Lipinski definition) is 1. The standard InChI is InChI=1S/C12H10Br3NS/c1-7-2-3-11(9(13)4-7)16-6-8-5-10(14)12(15)17-8/h2-5,16H,6H2,1H3. The molecule has 0 saturated heterocycles. The molecule has 0 spiro atoms. The molecule has 0 radical (unpaired) electrons. The molecule has 1 aromatic heterocycles. The highest BCUT2D eigenvalue weighted by molar-refractivity contribution is 9.13. The third-order valence-corrected chi connectivity index (χ3v) is 6.19. The van der Waals surface area contributed by atoms with Crippen LogP contribution in [0.25, 0.3) is 0 Å². The van der Waals surface area contributed by atoms with Crippen LogP contribution in [0.5, 0.6) is 0 Å². The third-order valence-electron chi connectivity index (χ3n) is 2.27. The van der Waals surface area contributed by atoms with Crippen LogP contribution < -0.4 is 5.32 Å². The van der Waals surface area contributed by atoms with Crippen molar-refractivity contribution < 1.29 is 0 Å². The van der Waals surface area contributed by atoms with Gasteiger partial charge < -0.3 is 5.32 Å². The maximum Gasteiger partial charge on any atom is 0.0843 e. The first-order valence-electron chi connectivity index (χ1n) is 5.00. The van der Waals surface area contributed by atoms with Crippen molar-refractivity contribution in [3.05, 3.63) is 47.4 Å². The number of thiophene rings is 1. The van der Waals surface area contributed by atoms with Gasteiger partial charge in [-0.1, -0.05) is 6.07 Å². The van der Waals surface area contributed by atoms with E-state index in [2.05, 4.69) is 84.3 Å².